The highest BCUT2D eigenvalue weighted by Gasteiger charge is 2.19. The summed E-state index contributed by atoms with van der Waals surface area (Å²) in [6, 6.07) is 20.9. The fourth-order valence-electron chi connectivity index (χ4n) is 3.03. The van der Waals surface area contributed by atoms with Crippen LogP contribution < -0.4 is 10.6 Å². The molecule has 0 atom stereocenters. The fourth-order valence-corrected chi connectivity index (χ4v) is 3.03. The van der Waals surface area contributed by atoms with Gasteiger partial charge in [-0.15, -0.1) is 0 Å². The third-order valence-corrected chi connectivity index (χ3v) is 4.42. The van der Waals surface area contributed by atoms with Crippen LogP contribution in [0.3, 0.4) is 0 Å². The number of aromatic amines is 1. The fraction of sp³-hybridized carbons (Fsp3) is 0.0455. The number of fused-ring (bicyclic) bond motifs is 1. The predicted molar refractivity (Wildman–Crippen MR) is 108 cm³/mol. The van der Waals surface area contributed by atoms with E-state index in [1.807, 2.05) is 54.6 Å². The average molecular weight is 370 g/mol. The van der Waals surface area contributed by atoms with Gasteiger partial charge in [0.2, 0.25) is 0 Å². The van der Waals surface area contributed by atoms with Crippen molar-refractivity contribution in [2.24, 2.45) is 0 Å². The van der Waals surface area contributed by atoms with Crippen molar-refractivity contribution in [1.82, 2.24) is 15.3 Å². The van der Waals surface area contributed by atoms with Crippen LogP contribution in [0.15, 0.2) is 79.1 Å². The molecule has 2 heterocycles. The van der Waals surface area contributed by atoms with Crippen molar-refractivity contribution >= 4 is 28.4 Å². The molecule has 0 saturated carbocycles. The van der Waals surface area contributed by atoms with E-state index in [2.05, 4.69) is 20.6 Å². The van der Waals surface area contributed by atoms with E-state index in [1.165, 1.54) is 0 Å². The third-order valence-electron chi connectivity index (χ3n) is 4.42. The van der Waals surface area contributed by atoms with Crippen LogP contribution >= 0.6 is 0 Å². The van der Waals surface area contributed by atoms with E-state index in [1.54, 1.807) is 24.5 Å². The van der Waals surface area contributed by atoms with Gasteiger partial charge in [-0.1, -0.05) is 48.5 Å². The number of amides is 2. The lowest BCUT2D eigenvalue weighted by atomic mass is 10.1. The normalized spacial score (nSPS) is 10.6. The number of pyridine rings is 1. The van der Waals surface area contributed by atoms with E-state index >= 15 is 0 Å². The predicted octanol–water partition coefficient (Wildman–Crippen LogP) is 3.48. The number of aromatic nitrogens is 2. The van der Waals surface area contributed by atoms with E-state index in [0.29, 0.717) is 5.69 Å². The molecule has 2 amide bonds. The first kappa shape index (κ1) is 17.5. The number of para-hydroxylation sites is 1. The summed E-state index contributed by atoms with van der Waals surface area (Å²) in [6.07, 6.45) is 3.28. The zero-order chi connectivity index (χ0) is 19.3. The van der Waals surface area contributed by atoms with Gasteiger partial charge < -0.3 is 15.6 Å². The van der Waals surface area contributed by atoms with Gasteiger partial charge in [-0.05, 0) is 23.8 Å². The number of carbonyl (C=O) groups is 2. The Hall–Kier alpha value is -3.93. The molecule has 4 rings (SSSR count). The van der Waals surface area contributed by atoms with Crippen molar-refractivity contribution in [3.8, 4) is 11.3 Å². The topological polar surface area (TPSA) is 86.9 Å². The molecule has 2 aromatic carbocycles. The van der Waals surface area contributed by atoms with Crippen LogP contribution in [0.4, 0.5) is 5.69 Å². The van der Waals surface area contributed by atoms with Gasteiger partial charge in [0.15, 0.2) is 0 Å². The molecule has 0 radical (unpaired) electrons. The van der Waals surface area contributed by atoms with E-state index in [-0.39, 0.29) is 6.54 Å². The zero-order valence-electron chi connectivity index (χ0n) is 15.0. The quantitative estimate of drug-likeness (QED) is 0.481. The third kappa shape index (κ3) is 3.61. The van der Waals surface area contributed by atoms with E-state index in [9.17, 15) is 9.59 Å². The second kappa shape index (κ2) is 7.75. The Morgan fingerprint density at radius 2 is 1.57 bits per heavy atom. The Balaban J connectivity index is 1.58. The number of benzene rings is 2. The average Bonchev–Trinajstić information content (AvgIpc) is 3.12. The summed E-state index contributed by atoms with van der Waals surface area (Å²) in [6.45, 7) is 0.258. The van der Waals surface area contributed by atoms with Gasteiger partial charge in [0, 0.05) is 35.4 Å². The van der Waals surface area contributed by atoms with Crippen LogP contribution in [0.5, 0.6) is 0 Å². The van der Waals surface area contributed by atoms with Gasteiger partial charge in [0.25, 0.3) is 0 Å². The lowest BCUT2D eigenvalue weighted by molar-refractivity contribution is -0.136. The minimum absolute atomic E-state index is 0.258. The summed E-state index contributed by atoms with van der Waals surface area (Å²) in [5.41, 5.74) is 4.02. The van der Waals surface area contributed by atoms with Gasteiger partial charge in [0.1, 0.15) is 0 Å². The second-order valence-corrected chi connectivity index (χ2v) is 6.28. The van der Waals surface area contributed by atoms with Crippen molar-refractivity contribution in [2.45, 2.75) is 6.54 Å². The Morgan fingerprint density at radius 3 is 2.36 bits per heavy atom. The van der Waals surface area contributed by atoms with E-state index < -0.39 is 11.8 Å². The van der Waals surface area contributed by atoms with Crippen molar-refractivity contribution in [3.63, 3.8) is 0 Å². The van der Waals surface area contributed by atoms with Gasteiger partial charge >= 0.3 is 11.8 Å². The molecule has 3 N–H and O–H groups in total. The number of hydrogen-bond acceptors (Lipinski definition) is 3. The molecule has 28 heavy (non-hydrogen) atoms. The molecule has 0 fully saturated rings. The first-order valence-electron chi connectivity index (χ1n) is 8.86. The van der Waals surface area contributed by atoms with Crippen molar-refractivity contribution < 1.29 is 9.59 Å². The standard InChI is InChI=1S/C22H18N4O2/c27-21(24-14-15-10-12-23-13-11-15)22(28)26-20-17-8-4-5-9-18(17)25-19(20)16-6-2-1-3-7-16/h1-13,25H,14H2,(H,24,27)(H,26,28). The largest absolute Gasteiger partial charge is 0.353 e. The number of H-pyrrole nitrogens is 1. The highest BCUT2D eigenvalue weighted by atomic mass is 16.2. The minimum Gasteiger partial charge on any atom is -0.353 e. The number of rotatable bonds is 4. The van der Waals surface area contributed by atoms with Gasteiger partial charge in [0.05, 0.1) is 11.4 Å². The molecule has 0 unspecified atom stereocenters. The first-order valence-corrected chi connectivity index (χ1v) is 8.86. The maximum atomic E-state index is 12.5. The van der Waals surface area contributed by atoms with Crippen molar-refractivity contribution in [1.29, 1.82) is 0 Å². The number of hydrogen-bond donors (Lipinski definition) is 3. The molecule has 138 valence electrons. The number of nitrogens with zero attached hydrogens (tertiary/aromatic N) is 1. The van der Waals surface area contributed by atoms with E-state index in [4.69, 9.17) is 0 Å². The van der Waals surface area contributed by atoms with Gasteiger partial charge in [-0.3, -0.25) is 14.6 Å². The molecule has 0 saturated heterocycles. The Bertz CT molecular complexity index is 1120. The van der Waals surface area contributed by atoms with Crippen molar-refractivity contribution in [2.75, 3.05) is 5.32 Å². The first-order chi connectivity index (χ1) is 13.7. The van der Waals surface area contributed by atoms with Crippen LogP contribution in [0.2, 0.25) is 0 Å². The number of carbonyl (C=O) groups excluding carboxylic acids is 2. The SMILES string of the molecule is O=C(NCc1ccncc1)C(=O)Nc1c(-c2ccccc2)[nH]c2ccccc12. The molecule has 6 heteroatoms. The second-order valence-electron chi connectivity index (χ2n) is 6.28. The molecule has 0 bridgehead atoms. The highest BCUT2D eigenvalue weighted by Crippen LogP contribution is 2.34. The number of nitrogens with one attached hydrogen (secondary N) is 3. The molecule has 6 nitrogen and oxygen atoms in total. The summed E-state index contributed by atoms with van der Waals surface area (Å²) in [5.74, 6) is -1.41. The number of anilines is 1. The molecular weight excluding hydrogens is 352 g/mol. The summed E-state index contributed by atoms with van der Waals surface area (Å²) < 4.78 is 0. The van der Waals surface area contributed by atoms with Crippen LogP contribution in [-0.4, -0.2) is 21.8 Å². The van der Waals surface area contributed by atoms with Gasteiger partial charge in [-0.25, -0.2) is 0 Å². The Morgan fingerprint density at radius 1 is 0.857 bits per heavy atom. The highest BCUT2D eigenvalue weighted by molar-refractivity contribution is 6.40. The molecule has 4 aromatic rings. The smallest absolute Gasteiger partial charge is 0.313 e. The molecule has 0 aliphatic heterocycles. The zero-order valence-corrected chi connectivity index (χ0v) is 15.0. The van der Waals surface area contributed by atoms with Crippen LogP contribution in [0, 0.1) is 0 Å². The summed E-state index contributed by atoms with van der Waals surface area (Å²) in [4.78, 5) is 32.0. The monoisotopic (exact) mass is 370 g/mol. The van der Waals surface area contributed by atoms with Crippen LogP contribution in [0.1, 0.15) is 5.56 Å². The summed E-state index contributed by atoms with van der Waals surface area (Å²) in [7, 11) is 0. The molecule has 0 spiro atoms. The van der Waals surface area contributed by atoms with E-state index in [0.717, 1.165) is 27.7 Å². The summed E-state index contributed by atoms with van der Waals surface area (Å²) in [5, 5.41) is 6.25. The minimum atomic E-state index is -0.712. The van der Waals surface area contributed by atoms with Gasteiger partial charge in [-0.2, -0.15) is 0 Å². The molecule has 0 aliphatic carbocycles. The Kier molecular flexibility index (Phi) is 4.84. The lowest BCUT2D eigenvalue weighted by Crippen LogP contribution is -2.35. The van der Waals surface area contributed by atoms with Crippen LogP contribution in [-0.2, 0) is 16.1 Å². The maximum Gasteiger partial charge on any atom is 0.313 e. The summed E-state index contributed by atoms with van der Waals surface area (Å²) >= 11 is 0. The van der Waals surface area contributed by atoms with Crippen molar-refractivity contribution in [3.05, 3.63) is 84.7 Å². The Labute approximate surface area is 161 Å². The lowest BCUT2D eigenvalue weighted by Gasteiger charge is -2.08. The molecule has 0 aliphatic rings. The molecule has 2 aromatic heterocycles. The maximum absolute atomic E-state index is 12.5. The molecular formula is C22H18N4O2. The van der Waals surface area contributed by atoms with Crippen LogP contribution in [0.25, 0.3) is 22.2 Å².